The lowest BCUT2D eigenvalue weighted by Gasteiger charge is -2.10. The van der Waals surface area contributed by atoms with Gasteiger partial charge in [0.2, 0.25) is 0 Å². The maximum Gasteiger partial charge on any atom is 0.310 e. The number of esters is 1. The number of aryl methyl sites for hydroxylation is 1. The summed E-state index contributed by atoms with van der Waals surface area (Å²) in [7, 11) is 0. The van der Waals surface area contributed by atoms with E-state index in [-0.39, 0.29) is 24.4 Å². The Kier molecular flexibility index (Phi) is 5.09. The van der Waals surface area contributed by atoms with Crippen molar-refractivity contribution in [3.63, 3.8) is 0 Å². The monoisotopic (exact) mass is 370 g/mol. The smallest absolute Gasteiger partial charge is 0.310 e. The molecular weight excluding hydrogens is 344 g/mol. The van der Waals surface area contributed by atoms with Crippen molar-refractivity contribution >= 4 is 16.9 Å². The lowest BCUT2D eigenvalue weighted by molar-refractivity contribution is -0.144. The van der Waals surface area contributed by atoms with Gasteiger partial charge >= 0.3 is 5.97 Å². The average molecular weight is 370 g/mol. The van der Waals surface area contributed by atoms with Crippen LogP contribution in [0.2, 0.25) is 0 Å². The molecule has 27 heavy (non-hydrogen) atoms. The first-order valence-electron chi connectivity index (χ1n) is 9.14. The van der Waals surface area contributed by atoms with Gasteiger partial charge in [0.25, 0.3) is 5.89 Å². The number of carbonyl (C=O) groups is 1. The lowest BCUT2D eigenvalue weighted by atomic mass is 9.95. The largest absolute Gasteiger partial charge is 0.464 e. The van der Waals surface area contributed by atoms with E-state index in [1.807, 2.05) is 26.8 Å². The Bertz CT molecular complexity index is 960. The fraction of sp³-hybridized carbons (Fsp3) is 0.476. The van der Waals surface area contributed by atoms with E-state index >= 15 is 0 Å². The number of furan rings is 1. The molecule has 6 nitrogen and oxygen atoms in total. The first-order chi connectivity index (χ1) is 12.6. The van der Waals surface area contributed by atoms with Crippen molar-refractivity contribution in [2.24, 2.45) is 0 Å². The summed E-state index contributed by atoms with van der Waals surface area (Å²) in [5.41, 5.74) is 3.82. The normalized spacial score (nSPS) is 12.1. The van der Waals surface area contributed by atoms with E-state index in [9.17, 15) is 4.79 Å². The van der Waals surface area contributed by atoms with Crippen molar-refractivity contribution < 1.29 is 18.5 Å². The zero-order valence-corrected chi connectivity index (χ0v) is 16.8. The number of ether oxygens (including phenoxy) is 1. The molecule has 0 bridgehead atoms. The van der Waals surface area contributed by atoms with Crippen LogP contribution in [0.25, 0.3) is 11.0 Å². The minimum atomic E-state index is -0.361. The minimum absolute atomic E-state index is 0.0337. The molecule has 0 aliphatic heterocycles. The molecule has 6 heteroatoms. The van der Waals surface area contributed by atoms with Crippen molar-refractivity contribution in [2.45, 2.75) is 65.9 Å². The zero-order chi connectivity index (χ0) is 19.8. The first-order valence-corrected chi connectivity index (χ1v) is 9.14. The Balaban J connectivity index is 1.69. The van der Waals surface area contributed by atoms with Crippen molar-refractivity contribution in [1.82, 2.24) is 10.1 Å². The Hall–Kier alpha value is -2.63. The van der Waals surface area contributed by atoms with E-state index in [1.54, 1.807) is 6.26 Å². The molecule has 0 fully saturated rings. The van der Waals surface area contributed by atoms with Crippen LogP contribution in [-0.2, 0) is 28.0 Å². The number of aromatic nitrogens is 2. The average Bonchev–Trinajstić information content (AvgIpc) is 3.19. The summed E-state index contributed by atoms with van der Waals surface area (Å²) in [6, 6.07) is 4.13. The van der Waals surface area contributed by atoms with E-state index in [0.717, 1.165) is 16.5 Å². The lowest BCUT2D eigenvalue weighted by Crippen LogP contribution is -2.13. The minimum Gasteiger partial charge on any atom is -0.464 e. The number of rotatable bonds is 5. The molecule has 3 aromatic rings. The van der Waals surface area contributed by atoms with Gasteiger partial charge in [-0.2, -0.15) is 4.98 Å². The highest BCUT2D eigenvalue weighted by molar-refractivity contribution is 5.87. The second-order valence-corrected chi connectivity index (χ2v) is 8.22. The van der Waals surface area contributed by atoms with Crippen LogP contribution < -0.4 is 0 Å². The van der Waals surface area contributed by atoms with Gasteiger partial charge in [-0.25, -0.2) is 0 Å². The summed E-state index contributed by atoms with van der Waals surface area (Å²) in [4.78, 5) is 16.5. The summed E-state index contributed by atoms with van der Waals surface area (Å²) in [6.07, 6.45) is 1.76. The molecule has 0 radical (unpaired) electrons. The third-order valence-corrected chi connectivity index (χ3v) is 4.49. The van der Waals surface area contributed by atoms with Gasteiger partial charge in [-0.05, 0) is 36.1 Å². The van der Waals surface area contributed by atoms with Crippen molar-refractivity contribution in [2.75, 3.05) is 0 Å². The van der Waals surface area contributed by atoms with Gasteiger partial charge in [0.15, 0.2) is 12.4 Å². The maximum atomic E-state index is 12.3. The van der Waals surface area contributed by atoms with Gasteiger partial charge in [-0.3, -0.25) is 4.79 Å². The number of hydrogen-bond acceptors (Lipinski definition) is 6. The topological polar surface area (TPSA) is 78.4 Å². The highest BCUT2D eigenvalue weighted by Gasteiger charge is 2.21. The van der Waals surface area contributed by atoms with Gasteiger partial charge in [0.05, 0.1) is 12.7 Å². The number of hydrogen-bond donors (Lipinski definition) is 0. The predicted octanol–water partition coefficient (Wildman–Crippen LogP) is 4.83. The third kappa shape index (κ3) is 4.21. The molecular formula is C21H26N2O4. The van der Waals surface area contributed by atoms with Crippen molar-refractivity contribution in [3.05, 3.63) is 46.8 Å². The van der Waals surface area contributed by atoms with Crippen LogP contribution in [0.5, 0.6) is 0 Å². The highest BCUT2D eigenvalue weighted by Crippen LogP contribution is 2.29. The fourth-order valence-electron chi connectivity index (χ4n) is 2.97. The van der Waals surface area contributed by atoms with E-state index in [1.165, 1.54) is 11.1 Å². The number of fused-ring (bicyclic) bond motifs is 1. The SMILES string of the molecule is Cc1cc2occ(CC(=O)OCc3nc(C(C)(C)C)no3)c2cc1C(C)C. The standard InChI is InChI=1S/C21H26N2O4/c1-12(2)15-9-16-14(10-25-17(16)7-13(15)3)8-19(24)26-11-18-22-20(23-27-18)21(4,5)6/h7,9-10,12H,8,11H2,1-6H3. The molecule has 144 valence electrons. The molecule has 0 N–H and O–H groups in total. The van der Waals surface area contributed by atoms with Crippen LogP contribution in [-0.4, -0.2) is 16.1 Å². The van der Waals surface area contributed by atoms with Gasteiger partial charge < -0.3 is 13.7 Å². The van der Waals surface area contributed by atoms with Crippen molar-refractivity contribution in [1.29, 1.82) is 0 Å². The van der Waals surface area contributed by atoms with Gasteiger partial charge in [0.1, 0.15) is 5.58 Å². The van der Waals surface area contributed by atoms with Gasteiger partial charge in [0, 0.05) is 16.4 Å². The second kappa shape index (κ2) is 7.18. The molecule has 1 aromatic carbocycles. The molecule has 0 saturated heterocycles. The van der Waals surface area contributed by atoms with Crippen LogP contribution >= 0.6 is 0 Å². The van der Waals surface area contributed by atoms with Gasteiger partial charge in [-0.15, -0.1) is 0 Å². The predicted molar refractivity (Wildman–Crippen MR) is 102 cm³/mol. The number of nitrogens with zero attached hydrogens (tertiary/aromatic N) is 2. The van der Waals surface area contributed by atoms with Crippen LogP contribution in [0, 0.1) is 6.92 Å². The van der Waals surface area contributed by atoms with Crippen LogP contribution in [0.3, 0.4) is 0 Å². The summed E-state index contributed by atoms with van der Waals surface area (Å²) in [5.74, 6) is 0.924. The molecule has 3 rings (SSSR count). The summed E-state index contributed by atoms with van der Waals surface area (Å²) < 4.78 is 16.1. The van der Waals surface area contributed by atoms with Crippen molar-refractivity contribution in [3.8, 4) is 0 Å². The maximum absolute atomic E-state index is 12.3. The Morgan fingerprint density at radius 2 is 2.00 bits per heavy atom. The van der Waals surface area contributed by atoms with Crippen LogP contribution in [0.15, 0.2) is 27.3 Å². The molecule has 0 unspecified atom stereocenters. The number of benzene rings is 1. The van der Waals surface area contributed by atoms with E-state index in [2.05, 4.69) is 37.0 Å². The second-order valence-electron chi connectivity index (χ2n) is 8.22. The highest BCUT2D eigenvalue weighted by atomic mass is 16.6. The summed E-state index contributed by atoms with van der Waals surface area (Å²) >= 11 is 0. The third-order valence-electron chi connectivity index (χ3n) is 4.49. The molecule has 0 saturated carbocycles. The van der Waals surface area contributed by atoms with Crippen LogP contribution in [0.1, 0.15) is 68.9 Å². The summed E-state index contributed by atoms with van der Waals surface area (Å²) in [6.45, 7) is 12.3. The number of carbonyl (C=O) groups excluding carboxylic acids is 1. The Morgan fingerprint density at radius 1 is 1.26 bits per heavy atom. The van der Waals surface area contributed by atoms with Gasteiger partial charge in [-0.1, -0.05) is 39.8 Å². The van der Waals surface area contributed by atoms with E-state index in [4.69, 9.17) is 13.7 Å². The molecule has 0 spiro atoms. The first kappa shape index (κ1) is 19.1. The zero-order valence-electron chi connectivity index (χ0n) is 16.8. The van der Waals surface area contributed by atoms with E-state index in [0.29, 0.717) is 17.6 Å². The molecule has 0 amide bonds. The Labute approximate surface area is 158 Å². The summed E-state index contributed by atoms with van der Waals surface area (Å²) in [5, 5.41) is 4.88. The fourth-order valence-corrected chi connectivity index (χ4v) is 2.97. The molecule has 2 aromatic heterocycles. The Morgan fingerprint density at radius 3 is 2.63 bits per heavy atom. The molecule has 0 aliphatic rings. The van der Waals surface area contributed by atoms with E-state index < -0.39 is 0 Å². The quantitative estimate of drug-likeness (QED) is 0.599. The molecule has 0 aliphatic carbocycles. The molecule has 0 atom stereocenters. The van der Waals surface area contributed by atoms with Crippen LogP contribution in [0.4, 0.5) is 0 Å². The molecule has 2 heterocycles.